The van der Waals surface area contributed by atoms with Crippen molar-refractivity contribution in [2.45, 2.75) is 13.8 Å². The van der Waals surface area contributed by atoms with E-state index in [1.165, 1.54) is 12.1 Å². The number of hydrogen-bond donors (Lipinski definition) is 1. The van der Waals surface area contributed by atoms with Crippen LogP contribution in [0.1, 0.15) is 27.0 Å². The number of anilines is 1. The molecule has 0 saturated carbocycles. The standard InChI is InChI=1S/C16H15Cl2NO2/c1-8-4-10(5-9(2)16(8)21-3)15(20)11-6-12(17)14(18)13(19)7-11/h4-7H,19H2,1-3H3. The van der Waals surface area contributed by atoms with Crippen LogP contribution in [0.4, 0.5) is 5.69 Å². The van der Waals surface area contributed by atoms with Crippen molar-refractivity contribution in [3.8, 4) is 5.75 Å². The number of carbonyl (C=O) groups is 1. The van der Waals surface area contributed by atoms with E-state index in [1.54, 1.807) is 19.2 Å². The predicted molar refractivity (Wildman–Crippen MR) is 86.8 cm³/mol. The number of nitrogens with two attached hydrogens (primary N) is 1. The maximum absolute atomic E-state index is 12.6. The smallest absolute Gasteiger partial charge is 0.193 e. The number of aryl methyl sites for hydroxylation is 2. The van der Waals surface area contributed by atoms with Crippen LogP contribution in [-0.4, -0.2) is 12.9 Å². The normalized spacial score (nSPS) is 10.5. The number of hydrogen-bond acceptors (Lipinski definition) is 3. The molecular weight excluding hydrogens is 309 g/mol. The van der Waals surface area contributed by atoms with Crippen molar-refractivity contribution in [1.82, 2.24) is 0 Å². The van der Waals surface area contributed by atoms with Gasteiger partial charge in [0.2, 0.25) is 0 Å². The van der Waals surface area contributed by atoms with Crippen LogP contribution in [0.3, 0.4) is 0 Å². The molecule has 0 unspecified atom stereocenters. The number of carbonyl (C=O) groups excluding carboxylic acids is 1. The molecule has 0 aromatic heterocycles. The minimum absolute atomic E-state index is 0.158. The molecule has 2 rings (SSSR count). The van der Waals surface area contributed by atoms with Gasteiger partial charge in [-0.1, -0.05) is 23.2 Å². The molecule has 2 aromatic rings. The molecule has 0 atom stereocenters. The Bertz CT molecular complexity index is 680. The van der Waals surface area contributed by atoms with Crippen molar-refractivity contribution in [2.75, 3.05) is 12.8 Å². The predicted octanol–water partition coefficient (Wildman–Crippen LogP) is 4.43. The summed E-state index contributed by atoms with van der Waals surface area (Å²) in [5.74, 6) is 0.620. The quantitative estimate of drug-likeness (QED) is 0.671. The van der Waals surface area contributed by atoms with Gasteiger partial charge in [-0.3, -0.25) is 4.79 Å². The van der Waals surface area contributed by atoms with E-state index < -0.39 is 0 Å². The van der Waals surface area contributed by atoms with Gasteiger partial charge < -0.3 is 10.5 Å². The molecule has 0 saturated heterocycles. The molecule has 21 heavy (non-hydrogen) atoms. The number of rotatable bonds is 3. The van der Waals surface area contributed by atoms with E-state index in [1.807, 2.05) is 13.8 Å². The monoisotopic (exact) mass is 323 g/mol. The highest BCUT2D eigenvalue weighted by molar-refractivity contribution is 6.44. The van der Waals surface area contributed by atoms with Gasteiger partial charge in [-0.2, -0.15) is 0 Å². The first kappa shape index (κ1) is 15.7. The Morgan fingerprint density at radius 1 is 1.05 bits per heavy atom. The molecule has 110 valence electrons. The van der Waals surface area contributed by atoms with Crippen molar-refractivity contribution in [3.63, 3.8) is 0 Å². The van der Waals surface area contributed by atoms with Crippen LogP contribution in [0, 0.1) is 13.8 Å². The van der Waals surface area contributed by atoms with Crippen molar-refractivity contribution >= 4 is 34.7 Å². The summed E-state index contributed by atoms with van der Waals surface area (Å²) in [6, 6.07) is 6.63. The van der Waals surface area contributed by atoms with E-state index >= 15 is 0 Å². The topological polar surface area (TPSA) is 52.3 Å². The molecule has 0 radical (unpaired) electrons. The van der Waals surface area contributed by atoms with E-state index in [9.17, 15) is 4.79 Å². The summed E-state index contributed by atoms with van der Waals surface area (Å²) in [6.45, 7) is 3.79. The Labute approximate surface area is 133 Å². The Balaban J connectivity index is 2.50. The second-order valence-electron chi connectivity index (χ2n) is 4.83. The average Bonchev–Trinajstić information content (AvgIpc) is 2.43. The molecule has 2 N–H and O–H groups in total. The number of nitrogen functional groups attached to an aromatic ring is 1. The minimum Gasteiger partial charge on any atom is -0.496 e. The zero-order valence-electron chi connectivity index (χ0n) is 12.0. The third-order valence-corrected chi connectivity index (χ3v) is 4.06. The van der Waals surface area contributed by atoms with Crippen LogP contribution in [0.15, 0.2) is 24.3 Å². The minimum atomic E-state index is -0.158. The van der Waals surface area contributed by atoms with Crippen molar-refractivity contribution in [3.05, 3.63) is 56.6 Å². The number of methoxy groups -OCH3 is 1. The highest BCUT2D eigenvalue weighted by Gasteiger charge is 2.15. The lowest BCUT2D eigenvalue weighted by molar-refractivity contribution is 0.103. The Hall–Kier alpha value is -1.71. The van der Waals surface area contributed by atoms with Crippen molar-refractivity contribution < 1.29 is 9.53 Å². The van der Waals surface area contributed by atoms with Crippen LogP contribution < -0.4 is 10.5 Å². The summed E-state index contributed by atoms with van der Waals surface area (Å²) < 4.78 is 5.30. The number of ether oxygens (including phenoxy) is 1. The molecule has 0 fully saturated rings. The Morgan fingerprint density at radius 2 is 1.57 bits per heavy atom. The second-order valence-corrected chi connectivity index (χ2v) is 5.62. The van der Waals surface area contributed by atoms with Gasteiger partial charge in [0.1, 0.15) is 5.75 Å². The fourth-order valence-corrected chi connectivity index (χ4v) is 2.65. The van der Waals surface area contributed by atoms with E-state index in [2.05, 4.69) is 0 Å². The lowest BCUT2D eigenvalue weighted by Crippen LogP contribution is -2.05. The largest absolute Gasteiger partial charge is 0.496 e. The molecule has 0 bridgehead atoms. The molecule has 5 heteroatoms. The summed E-state index contributed by atoms with van der Waals surface area (Å²) in [5.41, 5.74) is 8.80. The Kier molecular flexibility index (Phi) is 4.45. The molecular formula is C16H15Cl2NO2. The van der Waals surface area contributed by atoms with Gasteiger partial charge in [0, 0.05) is 11.1 Å². The van der Waals surface area contributed by atoms with Crippen molar-refractivity contribution in [1.29, 1.82) is 0 Å². The van der Waals surface area contributed by atoms with Crippen LogP contribution in [0.2, 0.25) is 10.0 Å². The van der Waals surface area contributed by atoms with Gasteiger partial charge in [0.05, 0.1) is 22.8 Å². The highest BCUT2D eigenvalue weighted by atomic mass is 35.5. The van der Waals surface area contributed by atoms with Crippen LogP contribution in [0.25, 0.3) is 0 Å². The maximum atomic E-state index is 12.6. The van der Waals surface area contributed by atoms with E-state index in [0.29, 0.717) is 11.1 Å². The first-order valence-corrected chi connectivity index (χ1v) is 7.05. The van der Waals surface area contributed by atoms with E-state index in [0.717, 1.165) is 16.9 Å². The molecule has 0 aliphatic rings. The first-order valence-electron chi connectivity index (χ1n) is 6.29. The fraction of sp³-hybridized carbons (Fsp3) is 0.188. The van der Waals surface area contributed by atoms with Gasteiger partial charge in [-0.15, -0.1) is 0 Å². The maximum Gasteiger partial charge on any atom is 0.193 e. The molecule has 0 aliphatic carbocycles. The zero-order valence-corrected chi connectivity index (χ0v) is 13.5. The summed E-state index contributed by atoms with van der Waals surface area (Å²) in [5, 5.41) is 0.525. The molecule has 3 nitrogen and oxygen atoms in total. The molecule has 2 aromatic carbocycles. The average molecular weight is 324 g/mol. The van der Waals surface area contributed by atoms with Gasteiger partial charge in [-0.25, -0.2) is 0 Å². The van der Waals surface area contributed by atoms with Crippen molar-refractivity contribution in [2.24, 2.45) is 0 Å². The van der Waals surface area contributed by atoms with Crippen LogP contribution in [0.5, 0.6) is 5.75 Å². The number of halogens is 2. The van der Waals surface area contributed by atoms with Crippen LogP contribution in [-0.2, 0) is 0 Å². The summed E-state index contributed by atoms with van der Waals surface area (Å²) in [6.07, 6.45) is 0. The fourth-order valence-electron chi connectivity index (χ4n) is 2.31. The highest BCUT2D eigenvalue weighted by Crippen LogP contribution is 2.31. The number of benzene rings is 2. The third-order valence-electron chi connectivity index (χ3n) is 3.25. The summed E-state index contributed by atoms with van der Waals surface area (Å²) in [4.78, 5) is 12.6. The molecule has 0 spiro atoms. The number of ketones is 1. The lowest BCUT2D eigenvalue weighted by Gasteiger charge is -2.11. The van der Waals surface area contributed by atoms with Crippen LogP contribution >= 0.6 is 23.2 Å². The molecule has 0 heterocycles. The third kappa shape index (κ3) is 2.99. The van der Waals surface area contributed by atoms with Gasteiger partial charge >= 0.3 is 0 Å². The lowest BCUT2D eigenvalue weighted by atomic mass is 9.98. The zero-order chi connectivity index (χ0) is 15.7. The van der Waals surface area contributed by atoms with E-state index in [4.69, 9.17) is 33.7 Å². The summed E-state index contributed by atoms with van der Waals surface area (Å²) >= 11 is 11.9. The molecule has 0 amide bonds. The van der Waals surface area contributed by atoms with Gasteiger partial charge in [0.15, 0.2) is 5.78 Å². The summed E-state index contributed by atoms with van der Waals surface area (Å²) in [7, 11) is 1.61. The molecule has 0 aliphatic heterocycles. The first-order chi connectivity index (χ1) is 9.85. The van der Waals surface area contributed by atoms with E-state index in [-0.39, 0.29) is 21.5 Å². The van der Waals surface area contributed by atoms with Gasteiger partial charge in [0.25, 0.3) is 0 Å². The SMILES string of the molecule is COc1c(C)cc(C(=O)c2cc(N)c(Cl)c(Cl)c2)cc1C. The van der Waals surface area contributed by atoms with Gasteiger partial charge in [-0.05, 0) is 49.2 Å². The second kappa shape index (κ2) is 5.96. The Morgan fingerprint density at radius 3 is 2.05 bits per heavy atom.